The lowest BCUT2D eigenvalue weighted by Crippen LogP contribution is -1.94. The van der Waals surface area contributed by atoms with Gasteiger partial charge in [0.1, 0.15) is 5.58 Å². The van der Waals surface area contributed by atoms with E-state index in [0.29, 0.717) is 0 Å². The number of rotatable bonds is 3. The highest BCUT2D eigenvalue weighted by molar-refractivity contribution is 7.26. The minimum atomic E-state index is 0.900. The highest BCUT2D eigenvalue weighted by Crippen LogP contribution is 2.45. The lowest BCUT2D eigenvalue weighted by Gasteiger charge is -2.09. The summed E-state index contributed by atoms with van der Waals surface area (Å²) in [5.41, 5.74) is 12.5. The maximum Gasteiger partial charge on any atom is 0.159 e. The fourth-order valence-electron chi connectivity index (χ4n) is 7.53. The lowest BCUT2D eigenvalue weighted by molar-refractivity contribution is 0.667. The summed E-state index contributed by atoms with van der Waals surface area (Å²) in [4.78, 5) is 0. The second-order valence-corrected chi connectivity index (χ2v) is 13.7. The van der Waals surface area contributed by atoms with Crippen molar-refractivity contribution in [2.75, 3.05) is 0 Å². The number of nitrogens with zero attached hydrogens (tertiary/aromatic N) is 1. The number of benzene rings is 7. The van der Waals surface area contributed by atoms with Crippen molar-refractivity contribution < 1.29 is 4.42 Å². The Bertz CT molecular complexity index is 2810. The quantitative estimate of drug-likeness (QED) is 0.192. The highest BCUT2D eigenvalue weighted by atomic mass is 32.1. The molecule has 7 aromatic carbocycles. The van der Waals surface area contributed by atoms with Crippen LogP contribution in [0.25, 0.3) is 91.9 Å². The molecule has 0 bridgehead atoms. The van der Waals surface area contributed by atoms with Crippen LogP contribution in [0.3, 0.4) is 0 Å². The SMILES string of the molecule is Cc1ccc2c(c1)c1cc(C)ccc1n2-c1cccc2c1oc1c(-c3ccccc3)cc(-c3cccc4c3sc3ccccc34)cc12. The Morgan fingerprint density at radius 3 is 1.94 bits per heavy atom. The van der Waals surface area contributed by atoms with Gasteiger partial charge in [-0.3, -0.25) is 0 Å². The molecule has 222 valence electrons. The predicted octanol–water partition coefficient (Wildman–Crippen LogP) is 13.0. The van der Waals surface area contributed by atoms with Crippen LogP contribution in [0.4, 0.5) is 0 Å². The second kappa shape index (κ2) is 9.93. The van der Waals surface area contributed by atoms with Crippen LogP contribution in [0.15, 0.2) is 144 Å². The fourth-order valence-corrected chi connectivity index (χ4v) is 8.77. The van der Waals surface area contributed by atoms with Gasteiger partial charge in [-0.15, -0.1) is 11.3 Å². The summed E-state index contributed by atoms with van der Waals surface area (Å²) in [5, 5.41) is 7.40. The van der Waals surface area contributed by atoms with Crippen molar-refractivity contribution in [3.05, 3.63) is 151 Å². The molecule has 0 atom stereocenters. The number of hydrogen-bond acceptors (Lipinski definition) is 2. The van der Waals surface area contributed by atoms with Crippen LogP contribution in [-0.2, 0) is 0 Å². The van der Waals surface area contributed by atoms with Gasteiger partial charge in [0, 0.05) is 47.3 Å². The third kappa shape index (κ3) is 3.90. The average molecular weight is 620 g/mol. The molecule has 2 nitrogen and oxygen atoms in total. The van der Waals surface area contributed by atoms with Crippen LogP contribution in [0.5, 0.6) is 0 Å². The standard InChI is InChI=1S/C44H29NOS/c1-26-18-20-38-35(22-26)36-23-27(2)19-21-39(36)45(38)40-16-9-14-32-37-25-29(24-34(42(37)46-43(32)40)28-10-4-3-5-11-28)30-13-8-15-33-31-12-6-7-17-41(31)47-44(30)33/h3-25H,1-2H3. The molecule has 0 saturated carbocycles. The summed E-state index contributed by atoms with van der Waals surface area (Å²) >= 11 is 1.87. The Labute approximate surface area is 275 Å². The zero-order chi connectivity index (χ0) is 31.2. The van der Waals surface area contributed by atoms with Crippen molar-refractivity contribution in [3.8, 4) is 27.9 Å². The van der Waals surface area contributed by atoms with E-state index in [1.807, 2.05) is 11.3 Å². The maximum absolute atomic E-state index is 7.05. The van der Waals surface area contributed by atoms with Crippen LogP contribution < -0.4 is 0 Å². The van der Waals surface area contributed by atoms with Crippen molar-refractivity contribution in [2.45, 2.75) is 13.8 Å². The summed E-state index contributed by atoms with van der Waals surface area (Å²) in [6.45, 7) is 4.33. The molecule has 0 amide bonds. The van der Waals surface area contributed by atoms with E-state index >= 15 is 0 Å². The number of aryl methyl sites for hydroxylation is 2. The van der Waals surface area contributed by atoms with E-state index < -0.39 is 0 Å². The molecule has 0 unspecified atom stereocenters. The molecule has 0 saturated heterocycles. The molecule has 0 spiro atoms. The topological polar surface area (TPSA) is 18.1 Å². The second-order valence-electron chi connectivity index (χ2n) is 12.7. The molecule has 10 aromatic rings. The molecular weight excluding hydrogens is 591 g/mol. The highest BCUT2D eigenvalue weighted by Gasteiger charge is 2.21. The molecule has 3 heterocycles. The molecule has 0 N–H and O–H groups in total. The van der Waals surface area contributed by atoms with Gasteiger partial charge in [0.05, 0.1) is 16.7 Å². The van der Waals surface area contributed by atoms with Crippen molar-refractivity contribution in [1.29, 1.82) is 0 Å². The van der Waals surface area contributed by atoms with Gasteiger partial charge >= 0.3 is 0 Å². The van der Waals surface area contributed by atoms with Gasteiger partial charge in [0.15, 0.2) is 5.58 Å². The minimum absolute atomic E-state index is 0.900. The van der Waals surface area contributed by atoms with Gasteiger partial charge in [-0.2, -0.15) is 0 Å². The normalized spacial score (nSPS) is 12.0. The van der Waals surface area contributed by atoms with Crippen molar-refractivity contribution >= 4 is 75.3 Å². The van der Waals surface area contributed by atoms with Crippen molar-refractivity contribution in [2.24, 2.45) is 0 Å². The number of para-hydroxylation sites is 1. The first-order valence-corrected chi connectivity index (χ1v) is 16.9. The van der Waals surface area contributed by atoms with Crippen LogP contribution in [-0.4, -0.2) is 4.57 Å². The van der Waals surface area contributed by atoms with Crippen LogP contribution in [0, 0.1) is 13.8 Å². The summed E-state index contributed by atoms with van der Waals surface area (Å²) in [7, 11) is 0. The molecule has 3 heteroatoms. The number of thiophene rings is 1. The van der Waals surface area contributed by atoms with E-state index in [0.717, 1.165) is 38.8 Å². The first-order chi connectivity index (χ1) is 23.1. The fraction of sp³-hybridized carbons (Fsp3) is 0.0455. The maximum atomic E-state index is 7.05. The van der Waals surface area contributed by atoms with Gasteiger partial charge in [-0.1, -0.05) is 102 Å². The number of hydrogen-bond donors (Lipinski definition) is 0. The summed E-state index contributed by atoms with van der Waals surface area (Å²) in [6, 6.07) is 50.9. The van der Waals surface area contributed by atoms with E-state index in [4.69, 9.17) is 4.42 Å². The molecular formula is C44H29NOS. The van der Waals surface area contributed by atoms with Crippen LogP contribution in [0.1, 0.15) is 11.1 Å². The molecule has 0 aliphatic carbocycles. The monoisotopic (exact) mass is 619 g/mol. The Hall–Kier alpha value is -5.64. The third-order valence-corrected chi connectivity index (χ3v) is 10.9. The number of fused-ring (bicyclic) bond motifs is 9. The van der Waals surface area contributed by atoms with E-state index in [2.05, 4.69) is 158 Å². The molecule has 0 fully saturated rings. The minimum Gasteiger partial charge on any atom is -0.453 e. The summed E-state index contributed by atoms with van der Waals surface area (Å²) < 4.78 is 12.1. The van der Waals surface area contributed by atoms with Gasteiger partial charge < -0.3 is 8.98 Å². The van der Waals surface area contributed by atoms with E-state index in [9.17, 15) is 0 Å². The Balaban J connectivity index is 1.31. The van der Waals surface area contributed by atoms with Crippen LogP contribution in [0.2, 0.25) is 0 Å². The average Bonchev–Trinajstić information content (AvgIpc) is 3.77. The van der Waals surface area contributed by atoms with E-state index in [1.54, 1.807) is 0 Å². The zero-order valence-corrected chi connectivity index (χ0v) is 26.9. The molecule has 10 rings (SSSR count). The van der Waals surface area contributed by atoms with E-state index in [-0.39, 0.29) is 0 Å². The van der Waals surface area contributed by atoms with Gasteiger partial charge in [-0.25, -0.2) is 0 Å². The molecule has 0 aliphatic rings. The molecule has 0 aliphatic heterocycles. The zero-order valence-electron chi connectivity index (χ0n) is 26.0. The molecule has 0 radical (unpaired) electrons. The Morgan fingerprint density at radius 1 is 0.468 bits per heavy atom. The van der Waals surface area contributed by atoms with Gasteiger partial charge in [0.25, 0.3) is 0 Å². The first-order valence-electron chi connectivity index (χ1n) is 16.1. The Morgan fingerprint density at radius 2 is 1.15 bits per heavy atom. The largest absolute Gasteiger partial charge is 0.453 e. The molecule has 3 aromatic heterocycles. The first kappa shape index (κ1) is 26.6. The van der Waals surface area contributed by atoms with E-state index in [1.165, 1.54) is 64.2 Å². The number of furan rings is 1. The Kier molecular flexibility index (Phi) is 5.61. The predicted molar refractivity (Wildman–Crippen MR) is 201 cm³/mol. The third-order valence-electron chi connectivity index (χ3n) is 9.69. The molecule has 47 heavy (non-hydrogen) atoms. The van der Waals surface area contributed by atoms with Crippen LogP contribution >= 0.6 is 11.3 Å². The van der Waals surface area contributed by atoms with Gasteiger partial charge in [0.2, 0.25) is 0 Å². The lowest BCUT2D eigenvalue weighted by atomic mass is 9.95. The number of aromatic nitrogens is 1. The van der Waals surface area contributed by atoms with Crippen molar-refractivity contribution in [3.63, 3.8) is 0 Å². The summed E-state index contributed by atoms with van der Waals surface area (Å²) in [5.74, 6) is 0. The van der Waals surface area contributed by atoms with Crippen molar-refractivity contribution in [1.82, 2.24) is 4.57 Å². The summed E-state index contributed by atoms with van der Waals surface area (Å²) in [6.07, 6.45) is 0. The smallest absolute Gasteiger partial charge is 0.159 e. The van der Waals surface area contributed by atoms with Gasteiger partial charge in [-0.05, 0) is 79.1 Å².